The highest BCUT2D eigenvalue weighted by atomic mass is 19.4. The predicted molar refractivity (Wildman–Crippen MR) is 112 cm³/mol. The molecule has 2 amide bonds. The van der Waals surface area contributed by atoms with Gasteiger partial charge in [-0.05, 0) is 30.9 Å². The lowest BCUT2D eigenvalue weighted by Crippen LogP contribution is -2.70. The number of carbonyl (C=O) groups is 1. The molecule has 184 valence electrons. The number of aromatic nitrogens is 4. The van der Waals surface area contributed by atoms with E-state index in [9.17, 15) is 27.5 Å². The molecule has 3 aromatic rings. The second kappa shape index (κ2) is 7.89. The van der Waals surface area contributed by atoms with Gasteiger partial charge in [0.2, 0.25) is 11.8 Å². The maximum atomic E-state index is 14.8. The Morgan fingerprint density at radius 1 is 1.23 bits per heavy atom. The molecule has 9 nitrogen and oxygen atoms in total. The average molecular weight is 492 g/mol. The van der Waals surface area contributed by atoms with E-state index in [0.29, 0.717) is 25.2 Å². The van der Waals surface area contributed by atoms with Gasteiger partial charge >= 0.3 is 12.2 Å². The molecule has 0 spiro atoms. The third kappa shape index (κ3) is 3.84. The summed E-state index contributed by atoms with van der Waals surface area (Å²) in [6.07, 6.45) is -1.21. The second-order valence-corrected chi connectivity index (χ2v) is 9.00. The van der Waals surface area contributed by atoms with Gasteiger partial charge in [-0.15, -0.1) is 10.2 Å². The van der Waals surface area contributed by atoms with Crippen molar-refractivity contribution >= 4 is 11.7 Å². The van der Waals surface area contributed by atoms with Crippen LogP contribution in [0, 0.1) is 18.7 Å². The number of fused-ring (bicyclic) bond motifs is 2. The number of amides is 2. The lowest BCUT2D eigenvalue weighted by Gasteiger charge is -2.61. The molecule has 1 aromatic carbocycles. The van der Waals surface area contributed by atoms with E-state index in [1.54, 1.807) is 6.92 Å². The fraction of sp³-hybridized carbons (Fsp3) is 0.409. The van der Waals surface area contributed by atoms with Crippen LogP contribution in [0.3, 0.4) is 0 Å². The number of hydrogen-bond donors (Lipinski definition) is 2. The van der Waals surface area contributed by atoms with Gasteiger partial charge < -0.3 is 19.7 Å². The van der Waals surface area contributed by atoms with Gasteiger partial charge in [-0.25, -0.2) is 19.2 Å². The van der Waals surface area contributed by atoms with E-state index >= 15 is 0 Å². The first-order valence-electron chi connectivity index (χ1n) is 10.8. The maximum absolute atomic E-state index is 14.8. The molecule has 0 unspecified atom stereocenters. The van der Waals surface area contributed by atoms with Crippen molar-refractivity contribution in [3.05, 3.63) is 47.7 Å². The van der Waals surface area contributed by atoms with E-state index in [-0.39, 0.29) is 29.7 Å². The summed E-state index contributed by atoms with van der Waals surface area (Å²) >= 11 is 0. The topological polar surface area (TPSA) is 117 Å². The van der Waals surface area contributed by atoms with Crippen LogP contribution in [0.25, 0.3) is 11.4 Å². The number of nitrogens with zero attached hydrogens (tertiary/aromatic N) is 5. The van der Waals surface area contributed by atoms with Crippen molar-refractivity contribution in [2.75, 3.05) is 5.32 Å². The zero-order valence-corrected chi connectivity index (χ0v) is 18.6. The van der Waals surface area contributed by atoms with Crippen LogP contribution in [0.1, 0.15) is 43.5 Å². The Kier molecular flexibility index (Phi) is 5.18. The van der Waals surface area contributed by atoms with E-state index < -0.39 is 46.2 Å². The van der Waals surface area contributed by atoms with E-state index in [1.165, 1.54) is 4.90 Å². The highest BCUT2D eigenvalue weighted by molar-refractivity contribution is 5.92. The van der Waals surface area contributed by atoms with Gasteiger partial charge in [0, 0.05) is 24.9 Å². The van der Waals surface area contributed by atoms with Crippen LogP contribution in [-0.2, 0) is 11.7 Å². The number of benzene rings is 1. The first-order chi connectivity index (χ1) is 16.5. The summed E-state index contributed by atoms with van der Waals surface area (Å²) in [6, 6.07) is 0.269. The number of rotatable bonds is 3. The number of anilines is 1. The van der Waals surface area contributed by atoms with E-state index in [1.807, 2.05) is 6.92 Å². The first-order valence-corrected chi connectivity index (χ1v) is 10.8. The maximum Gasteiger partial charge on any atom is 0.417 e. The smallest absolute Gasteiger partial charge is 0.417 e. The van der Waals surface area contributed by atoms with Crippen molar-refractivity contribution < 1.29 is 31.9 Å². The van der Waals surface area contributed by atoms with Crippen molar-refractivity contribution in [3.63, 3.8) is 0 Å². The summed E-state index contributed by atoms with van der Waals surface area (Å²) < 4.78 is 61.3. The number of piperidine rings is 1. The summed E-state index contributed by atoms with van der Waals surface area (Å²) in [7, 11) is 0. The van der Waals surface area contributed by atoms with Crippen LogP contribution in [-0.4, -0.2) is 42.2 Å². The minimum absolute atomic E-state index is 0.164. The van der Waals surface area contributed by atoms with Gasteiger partial charge in [-0.2, -0.15) is 13.2 Å². The predicted octanol–water partition coefficient (Wildman–Crippen LogP) is 4.63. The Hall–Kier alpha value is -3.77. The molecule has 2 aromatic heterocycles. The largest absolute Gasteiger partial charge is 0.505 e. The van der Waals surface area contributed by atoms with Gasteiger partial charge in [0.15, 0.2) is 11.6 Å². The van der Waals surface area contributed by atoms with Crippen LogP contribution < -0.4 is 5.32 Å². The van der Waals surface area contributed by atoms with E-state index in [2.05, 4.69) is 25.5 Å². The monoisotopic (exact) mass is 492 g/mol. The lowest BCUT2D eigenvalue weighted by atomic mass is 9.64. The summed E-state index contributed by atoms with van der Waals surface area (Å²) in [5, 5.41) is 19.7. The lowest BCUT2D eigenvalue weighted by molar-refractivity contribution is -0.137. The van der Waals surface area contributed by atoms with Crippen LogP contribution in [0.4, 0.5) is 28.0 Å². The summed E-state index contributed by atoms with van der Waals surface area (Å²) in [6.45, 7) is 3.67. The molecular weight excluding hydrogens is 472 g/mol. The average Bonchev–Trinajstić information content (AvgIpc) is 3.21. The van der Waals surface area contributed by atoms with Gasteiger partial charge in [-0.1, -0.05) is 6.92 Å². The first kappa shape index (κ1) is 23.0. The van der Waals surface area contributed by atoms with Gasteiger partial charge in [0.1, 0.15) is 11.4 Å². The number of aryl methyl sites for hydroxylation is 1. The van der Waals surface area contributed by atoms with Crippen molar-refractivity contribution in [2.45, 2.75) is 50.9 Å². The van der Waals surface area contributed by atoms with Gasteiger partial charge in [-0.3, -0.25) is 0 Å². The minimum atomic E-state index is -4.91. The quantitative estimate of drug-likeness (QED) is 0.512. The Labute approximate surface area is 196 Å². The van der Waals surface area contributed by atoms with Crippen LogP contribution in [0.2, 0.25) is 0 Å². The Bertz CT molecular complexity index is 1300. The molecule has 0 radical (unpaired) electrons. The number of likely N-dealkylation sites (tertiary alicyclic amines) is 1. The van der Waals surface area contributed by atoms with Crippen molar-refractivity contribution in [1.29, 1.82) is 0 Å². The van der Waals surface area contributed by atoms with Crippen molar-refractivity contribution in [1.82, 2.24) is 25.1 Å². The Balaban J connectivity index is 1.51. The number of carbonyl (C=O) groups excluding carboxylic acids is 1. The van der Waals surface area contributed by atoms with Crippen LogP contribution in [0.5, 0.6) is 5.75 Å². The van der Waals surface area contributed by atoms with Crippen molar-refractivity contribution in [2.24, 2.45) is 5.92 Å². The molecule has 1 saturated heterocycles. The molecule has 3 heterocycles. The highest BCUT2D eigenvalue weighted by Gasteiger charge is 2.62. The Morgan fingerprint density at radius 3 is 2.57 bits per heavy atom. The second-order valence-electron chi connectivity index (χ2n) is 9.00. The molecule has 2 fully saturated rings. The number of urea groups is 1. The molecule has 2 aliphatic rings. The normalized spacial score (nSPS) is 23.7. The van der Waals surface area contributed by atoms with Crippen LogP contribution in [0.15, 0.2) is 28.9 Å². The fourth-order valence-corrected chi connectivity index (χ4v) is 5.16. The number of nitrogens with one attached hydrogen (secondary N) is 1. The van der Waals surface area contributed by atoms with Gasteiger partial charge in [0.05, 0.1) is 23.6 Å². The van der Waals surface area contributed by atoms with E-state index in [0.717, 1.165) is 18.5 Å². The molecule has 3 atom stereocenters. The number of aromatic hydroxyl groups is 1. The molecule has 2 N–H and O–H groups in total. The minimum Gasteiger partial charge on any atom is -0.505 e. The Morgan fingerprint density at radius 2 is 1.94 bits per heavy atom. The SMILES string of the molecule is Cc1nnc([C@]23C[C@@H](C)C[C@H](C2)N3C(=O)Nc2cc(-c3ncc(O)cn3)c(C(F)(F)F)cc2F)o1. The molecule has 1 saturated carbocycles. The molecule has 1 aliphatic carbocycles. The number of halogens is 4. The number of hydrogen-bond acceptors (Lipinski definition) is 7. The summed E-state index contributed by atoms with van der Waals surface area (Å²) in [5.74, 6) is -1.13. The summed E-state index contributed by atoms with van der Waals surface area (Å²) in [5.41, 5.74) is -3.19. The zero-order valence-electron chi connectivity index (χ0n) is 18.6. The molecule has 13 heteroatoms. The van der Waals surface area contributed by atoms with E-state index in [4.69, 9.17) is 4.42 Å². The molecule has 2 bridgehead atoms. The van der Waals surface area contributed by atoms with Crippen molar-refractivity contribution in [3.8, 4) is 17.1 Å². The third-order valence-corrected chi connectivity index (χ3v) is 6.44. The molecule has 35 heavy (non-hydrogen) atoms. The highest BCUT2D eigenvalue weighted by Crippen LogP contribution is 2.55. The molecule has 1 aliphatic heterocycles. The standard InChI is InChI=1S/C22H20F4N6O3/c1-10-3-12-7-21(6-10,19-31-30-11(2)35-19)32(12)20(34)29-17-4-14(18-27-8-13(33)9-28-18)15(5-16(17)23)22(24,25)26/h4-5,8-10,12,33H,3,6-7H2,1-2H3,(H,29,34)/t10-,12+,21-/m0/s1. The summed E-state index contributed by atoms with van der Waals surface area (Å²) in [4.78, 5) is 22.2. The zero-order chi connectivity index (χ0) is 25.1. The third-order valence-electron chi connectivity index (χ3n) is 6.44. The molecular formula is C22H20F4N6O3. The van der Waals surface area contributed by atoms with Crippen LogP contribution >= 0.6 is 0 Å². The molecule has 5 rings (SSSR count). The fourth-order valence-electron chi connectivity index (χ4n) is 5.16. The van der Waals surface area contributed by atoms with Gasteiger partial charge in [0.25, 0.3) is 0 Å². The number of alkyl halides is 3.